The molecule has 5 heteroatoms. The lowest BCUT2D eigenvalue weighted by Crippen LogP contribution is -2.33. The van der Waals surface area contributed by atoms with Crippen LogP contribution in [0.4, 0.5) is 0 Å². The maximum Gasteiger partial charge on any atom is 0.240 e. The molecule has 128 valence electrons. The Balaban J connectivity index is 2.01. The Bertz CT molecular complexity index is 844. The average Bonchev–Trinajstić information content (AvgIpc) is 2.67. The molecular formula is C20H21N3OS. The summed E-state index contributed by atoms with van der Waals surface area (Å²) >= 11 is 1.50. The zero-order valence-electron chi connectivity index (χ0n) is 14.4. The molecule has 0 saturated heterocycles. The predicted molar refractivity (Wildman–Crippen MR) is 103 cm³/mol. The fourth-order valence-corrected chi connectivity index (χ4v) is 3.95. The van der Waals surface area contributed by atoms with E-state index in [2.05, 4.69) is 9.97 Å². The smallest absolute Gasteiger partial charge is 0.240 e. The zero-order valence-corrected chi connectivity index (χ0v) is 15.2. The molecule has 1 atom stereocenters. The lowest BCUT2D eigenvalue weighted by Gasteiger charge is -2.25. The molecule has 0 aliphatic carbocycles. The first-order chi connectivity index (χ1) is 12.2. The number of nitrogens with zero attached hydrogens (tertiary/aromatic N) is 3. The number of rotatable bonds is 6. The Morgan fingerprint density at radius 3 is 2.40 bits per heavy atom. The second-order valence-corrected chi connectivity index (χ2v) is 6.71. The first kappa shape index (κ1) is 17.4. The molecule has 0 aliphatic heterocycles. The number of aromatic nitrogens is 2. The fourth-order valence-electron chi connectivity index (χ4n) is 2.78. The average molecular weight is 351 g/mol. The van der Waals surface area contributed by atoms with E-state index in [4.69, 9.17) is 0 Å². The Labute approximate surface area is 152 Å². The van der Waals surface area contributed by atoms with Gasteiger partial charge in [0.1, 0.15) is 16.6 Å². The van der Waals surface area contributed by atoms with Crippen molar-refractivity contribution in [1.29, 1.82) is 0 Å². The summed E-state index contributed by atoms with van der Waals surface area (Å²) in [7, 11) is 0. The Hall–Kier alpha value is -2.40. The molecular weight excluding hydrogens is 330 g/mol. The molecule has 3 rings (SSSR count). The van der Waals surface area contributed by atoms with Crippen LogP contribution in [-0.2, 0) is 4.79 Å². The number of hydrogen-bond acceptors (Lipinski definition) is 4. The summed E-state index contributed by atoms with van der Waals surface area (Å²) in [4.78, 5) is 23.7. The molecule has 0 saturated carbocycles. The number of para-hydroxylation sites is 1. The van der Waals surface area contributed by atoms with Gasteiger partial charge in [-0.3, -0.25) is 4.79 Å². The number of thioether (sulfide) groups is 1. The summed E-state index contributed by atoms with van der Waals surface area (Å²) in [5, 5.41) is 1.49. The standard InChI is InChI=1S/C20H21N3OS/c1-3-23(4-2)20(24)18(15-10-6-5-7-11-15)25-19-16-12-8-9-13-17(16)21-14-22-19/h5-14,18H,3-4H2,1-2H3/t18-/m0/s1. The SMILES string of the molecule is CCN(CC)C(=O)[C@@H](Sc1ncnc2ccccc12)c1ccccc1. The van der Waals surface area contributed by atoms with Crippen molar-refractivity contribution in [2.24, 2.45) is 0 Å². The van der Waals surface area contributed by atoms with Gasteiger partial charge in [0.25, 0.3) is 0 Å². The van der Waals surface area contributed by atoms with Crippen molar-refractivity contribution in [1.82, 2.24) is 14.9 Å². The van der Waals surface area contributed by atoms with Gasteiger partial charge >= 0.3 is 0 Å². The first-order valence-corrected chi connectivity index (χ1v) is 9.32. The van der Waals surface area contributed by atoms with E-state index in [1.54, 1.807) is 6.33 Å². The van der Waals surface area contributed by atoms with Crippen molar-refractivity contribution >= 4 is 28.6 Å². The number of benzene rings is 2. The summed E-state index contributed by atoms with van der Waals surface area (Å²) in [5.41, 5.74) is 1.88. The van der Waals surface area contributed by atoms with Gasteiger partial charge < -0.3 is 4.90 Å². The quantitative estimate of drug-likeness (QED) is 0.490. The number of fused-ring (bicyclic) bond motifs is 1. The summed E-state index contributed by atoms with van der Waals surface area (Å²) in [6.07, 6.45) is 1.56. The first-order valence-electron chi connectivity index (χ1n) is 8.44. The van der Waals surface area contributed by atoms with Crippen LogP contribution in [0.15, 0.2) is 66.0 Å². The molecule has 2 aromatic carbocycles. The van der Waals surface area contributed by atoms with Crippen LogP contribution in [-0.4, -0.2) is 33.9 Å². The van der Waals surface area contributed by atoms with E-state index in [1.807, 2.05) is 73.3 Å². The monoisotopic (exact) mass is 351 g/mol. The highest BCUT2D eigenvalue weighted by Gasteiger charge is 2.26. The highest BCUT2D eigenvalue weighted by atomic mass is 32.2. The van der Waals surface area contributed by atoms with E-state index in [1.165, 1.54) is 11.8 Å². The molecule has 1 heterocycles. The van der Waals surface area contributed by atoms with Gasteiger partial charge in [0.15, 0.2) is 0 Å². The maximum atomic E-state index is 13.1. The molecule has 4 nitrogen and oxygen atoms in total. The van der Waals surface area contributed by atoms with Crippen molar-refractivity contribution in [2.45, 2.75) is 24.1 Å². The minimum absolute atomic E-state index is 0.115. The van der Waals surface area contributed by atoms with Gasteiger partial charge in [0, 0.05) is 18.5 Å². The van der Waals surface area contributed by atoms with Gasteiger partial charge in [-0.2, -0.15) is 0 Å². The van der Waals surface area contributed by atoms with E-state index < -0.39 is 0 Å². The lowest BCUT2D eigenvalue weighted by molar-refractivity contribution is -0.130. The number of hydrogen-bond donors (Lipinski definition) is 0. The molecule has 1 amide bonds. The third-order valence-corrected chi connectivity index (χ3v) is 5.40. The van der Waals surface area contributed by atoms with Crippen LogP contribution in [0.3, 0.4) is 0 Å². The molecule has 0 radical (unpaired) electrons. The van der Waals surface area contributed by atoms with Crippen LogP contribution in [0.25, 0.3) is 10.9 Å². The molecule has 0 fully saturated rings. The van der Waals surface area contributed by atoms with E-state index in [0.717, 1.165) is 21.5 Å². The van der Waals surface area contributed by atoms with Crippen LogP contribution in [0.5, 0.6) is 0 Å². The molecule has 3 aromatic rings. The third kappa shape index (κ3) is 3.82. The number of carbonyl (C=O) groups is 1. The minimum atomic E-state index is -0.320. The van der Waals surface area contributed by atoms with Crippen molar-refractivity contribution in [2.75, 3.05) is 13.1 Å². The molecule has 1 aromatic heterocycles. The minimum Gasteiger partial charge on any atom is -0.342 e. The largest absolute Gasteiger partial charge is 0.342 e. The zero-order chi connectivity index (χ0) is 17.6. The number of likely N-dealkylation sites (N-methyl/N-ethyl adjacent to an activating group) is 1. The number of amides is 1. The van der Waals surface area contributed by atoms with E-state index in [0.29, 0.717) is 13.1 Å². The van der Waals surface area contributed by atoms with Crippen LogP contribution < -0.4 is 0 Å². The normalized spacial score (nSPS) is 12.1. The van der Waals surface area contributed by atoms with Gasteiger partial charge in [0.05, 0.1) is 5.52 Å². The van der Waals surface area contributed by atoms with E-state index >= 15 is 0 Å². The van der Waals surface area contributed by atoms with Crippen molar-refractivity contribution in [3.05, 3.63) is 66.5 Å². The summed E-state index contributed by atoms with van der Waals surface area (Å²) in [6.45, 7) is 5.41. The Kier molecular flexibility index (Phi) is 5.66. The summed E-state index contributed by atoms with van der Waals surface area (Å²) in [5.74, 6) is 0.115. The van der Waals surface area contributed by atoms with Gasteiger partial charge in [-0.15, -0.1) is 0 Å². The fraction of sp³-hybridized carbons (Fsp3) is 0.250. The summed E-state index contributed by atoms with van der Waals surface area (Å²) < 4.78 is 0. The van der Waals surface area contributed by atoms with Gasteiger partial charge in [0.2, 0.25) is 5.91 Å². The highest BCUT2D eigenvalue weighted by molar-refractivity contribution is 8.00. The van der Waals surface area contributed by atoms with Gasteiger partial charge in [-0.1, -0.05) is 60.3 Å². The van der Waals surface area contributed by atoms with E-state index in [9.17, 15) is 4.79 Å². The molecule has 0 N–H and O–H groups in total. The molecule has 0 bridgehead atoms. The van der Waals surface area contributed by atoms with Crippen molar-refractivity contribution in [3.8, 4) is 0 Å². The number of carbonyl (C=O) groups excluding carboxylic acids is 1. The molecule has 0 spiro atoms. The Morgan fingerprint density at radius 1 is 1.00 bits per heavy atom. The Morgan fingerprint density at radius 2 is 1.68 bits per heavy atom. The van der Waals surface area contributed by atoms with Crippen molar-refractivity contribution < 1.29 is 4.79 Å². The van der Waals surface area contributed by atoms with Crippen LogP contribution in [0.1, 0.15) is 24.7 Å². The van der Waals surface area contributed by atoms with Crippen LogP contribution in [0, 0.1) is 0 Å². The van der Waals surface area contributed by atoms with E-state index in [-0.39, 0.29) is 11.2 Å². The second kappa shape index (κ2) is 8.12. The highest BCUT2D eigenvalue weighted by Crippen LogP contribution is 2.38. The molecule has 0 aliphatic rings. The van der Waals surface area contributed by atoms with Gasteiger partial charge in [-0.05, 0) is 25.5 Å². The lowest BCUT2D eigenvalue weighted by atomic mass is 10.1. The predicted octanol–water partition coefficient (Wildman–Crippen LogP) is 4.33. The van der Waals surface area contributed by atoms with Crippen molar-refractivity contribution in [3.63, 3.8) is 0 Å². The summed E-state index contributed by atoms with van der Waals surface area (Å²) in [6, 6.07) is 17.8. The van der Waals surface area contributed by atoms with Gasteiger partial charge in [-0.25, -0.2) is 9.97 Å². The second-order valence-electron chi connectivity index (χ2n) is 5.62. The molecule has 25 heavy (non-hydrogen) atoms. The third-order valence-electron chi connectivity index (χ3n) is 4.14. The molecule has 0 unspecified atom stereocenters. The maximum absolute atomic E-state index is 13.1. The van der Waals surface area contributed by atoms with Crippen LogP contribution >= 0.6 is 11.8 Å². The topological polar surface area (TPSA) is 46.1 Å². The van der Waals surface area contributed by atoms with Crippen LogP contribution in [0.2, 0.25) is 0 Å².